The predicted octanol–water partition coefficient (Wildman–Crippen LogP) is 4.13. The van der Waals surface area contributed by atoms with E-state index in [9.17, 15) is 17.6 Å². The molecule has 0 radical (unpaired) electrons. The van der Waals surface area contributed by atoms with Crippen molar-refractivity contribution < 1.29 is 17.6 Å². The molecule has 7 heteroatoms. The molecule has 0 heterocycles. The van der Waals surface area contributed by atoms with Crippen molar-refractivity contribution in [3.05, 3.63) is 59.9 Å². The zero-order chi connectivity index (χ0) is 20.2. The first-order valence-electron chi connectivity index (χ1n) is 8.80. The minimum atomic E-state index is -3.87. The summed E-state index contributed by atoms with van der Waals surface area (Å²) in [7, 11) is -3.87. The van der Waals surface area contributed by atoms with Crippen LogP contribution in [0, 0.1) is 5.82 Å². The molecule has 1 N–H and O–H groups in total. The minimum absolute atomic E-state index is 0.142. The first-order valence-corrected chi connectivity index (χ1v) is 10.6. The van der Waals surface area contributed by atoms with E-state index in [2.05, 4.69) is 19.2 Å². The molecule has 1 amide bonds. The maximum Gasteiger partial charge on any atom is 0.248 e. The largest absolute Gasteiger partial charge is 0.324 e. The molecule has 5 nitrogen and oxygen atoms in total. The van der Waals surface area contributed by atoms with Crippen LogP contribution in [0.4, 0.5) is 15.8 Å². The minimum Gasteiger partial charge on any atom is -0.324 e. The second-order valence-electron chi connectivity index (χ2n) is 6.70. The molecule has 1 atom stereocenters. The van der Waals surface area contributed by atoms with E-state index >= 15 is 0 Å². The summed E-state index contributed by atoms with van der Waals surface area (Å²) in [5.41, 5.74) is 1.55. The second kappa shape index (κ2) is 8.52. The van der Waals surface area contributed by atoms with Crippen molar-refractivity contribution in [1.29, 1.82) is 0 Å². The number of benzene rings is 2. The molecule has 0 spiro atoms. The SMILES string of the molecule is CC[C@@H](C(=O)Nc1ccc(C(C)C)cc1)N(c1ccccc1F)S(C)(=O)=O. The third-order valence-electron chi connectivity index (χ3n) is 4.26. The lowest BCUT2D eigenvalue weighted by molar-refractivity contribution is -0.117. The smallest absolute Gasteiger partial charge is 0.248 e. The van der Waals surface area contributed by atoms with Crippen molar-refractivity contribution in [1.82, 2.24) is 0 Å². The van der Waals surface area contributed by atoms with Gasteiger partial charge >= 0.3 is 0 Å². The number of anilines is 2. The number of hydrogen-bond donors (Lipinski definition) is 1. The quantitative estimate of drug-likeness (QED) is 0.770. The number of nitrogens with zero attached hydrogens (tertiary/aromatic N) is 1. The fraction of sp³-hybridized carbons (Fsp3) is 0.350. The fourth-order valence-corrected chi connectivity index (χ4v) is 4.06. The van der Waals surface area contributed by atoms with Gasteiger partial charge in [-0.1, -0.05) is 45.0 Å². The van der Waals surface area contributed by atoms with Gasteiger partial charge in [-0.05, 0) is 42.2 Å². The van der Waals surface area contributed by atoms with Crippen LogP contribution < -0.4 is 9.62 Å². The van der Waals surface area contributed by atoms with Gasteiger partial charge in [0.1, 0.15) is 11.9 Å². The predicted molar refractivity (Wildman–Crippen MR) is 107 cm³/mol. The normalized spacial score (nSPS) is 12.7. The van der Waals surface area contributed by atoms with E-state index < -0.39 is 27.8 Å². The Bertz CT molecular complexity index is 896. The Hall–Kier alpha value is -2.41. The molecule has 0 saturated carbocycles. The van der Waals surface area contributed by atoms with Gasteiger partial charge in [0, 0.05) is 5.69 Å². The number of carbonyl (C=O) groups excluding carboxylic acids is 1. The highest BCUT2D eigenvalue weighted by atomic mass is 32.2. The van der Waals surface area contributed by atoms with Crippen molar-refractivity contribution in [2.75, 3.05) is 15.9 Å². The number of nitrogens with one attached hydrogen (secondary N) is 1. The molecule has 0 fully saturated rings. The van der Waals surface area contributed by atoms with Gasteiger partial charge in [0.25, 0.3) is 0 Å². The summed E-state index contributed by atoms with van der Waals surface area (Å²) < 4.78 is 39.8. The Kier molecular flexibility index (Phi) is 6.59. The Morgan fingerprint density at radius 3 is 2.19 bits per heavy atom. The van der Waals surface area contributed by atoms with E-state index in [0.717, 1.165) is 16.1 Å². The van der Waals surface area contributed by atoms with Crippen LogP contribution in [0.1, 0.15) is 38.7 Å². The van der Waals surface area contributed by atoms with Crippen LogP contribution in [0.15, 0.2) is 48.5 Å². The lowest BCUT2D eigenvalue weighted by Crippen LogP contribution is -2.47. The van der Waals surface area contributed by atoms with Crippen LogP contribution in [0.5, 0.6) is 0 Å². The average Bonchev–Trinajstić information content (AvgIpc) is 2.59. The summed E-state index contributed by atoms with van der Waals surface area (Å²) in [6.45, 7) is 5.82. The average molecular weight is 392 g/mol. The Labute approximate surface area is 160 Å². The topological polar surface area (TPSA) is 66.5 Å². The van der Waals surface area contributed by atoms with Crippen LogP contribution in [0.2, 0.25) is 0 Å². The van der Waals surface area contributed by atoms with Gasteiger partial charge in [0.05, 0.1) is 11.9 Å². The van der Waals surface area contributed by atoms with Gasteiger partial charge in [-0.25, -0.2) is 12.8 Å². The highest BCUT2D eigenvalue weighted by molar-refractivity contribution is 7.92. The molecule has 2 aromatic rings. The number of hydrogen-bond acceptors (Lipinski definition) is 3. The molecular weight excluding hydrogens is 367 g/mol. The van der Waals surface area contributed by atoms with E-state index in [4.69, 9.17) is 0 Å². The third kappa shape index (κ3) is 5.07. The second-order valence-corrected chi connectivity index (χ2v) is 8.56. The van der Waals surface area contributed by atoms with Crippen LogP contribution in [0.3, 0.4) is 0 Å². The van der Waals surface area contributed by atoms with Gasteiger partial charge in [-0.2, -0.15) is 0 Å². The molecule has 0 unspecified atom stereocenters. The van der Waals surface area contributed by atoms with Crippen molar-refractivity contribution in [3.63, 3.8) is 0 Å². The Morgan fingerprint density at radius 1 is 1.11 bits per heavy atom. The summed E-state index contributed by atoms with van der Waals surface area (Å²) in [4.78, 5) is 12.8. The lowest BCUT2D eigenvalue weighted by atomic mass is 10.0. The summed E-state index contributed by atoms with van der Waals surface area (Å²) in [5, 5.41) is 2.73. The highest BCUT2D eigenvalue weighted by Crippen LogP contribution is 2.26. The summed E-state index contributed by atoms with van der Waals surface area (Å²) >= 11 is 0. The number of amides is 1. The van der Waals surface area contributed by atoms with Gasteiger partial charge in [-0.3, -0.25) is 9.10 Å². The van der Waals surface area contributed by atoms with E-state index in [0.29, 0.717) is 11.6 Å². The zero-order valence-corrected chi connectivity index (χ0v) is 16.8. The van der Waals surface area contributed by atoms with Crippen molar-refractivity contribution >= 4 is 27.3 Å². The number of para-hydroxylation sites is 1. The lowest BCUT2D eigenvalue weighted by Gasteiger charge is -2.30. The summed E-state index contributed by atoms with van der Waals surface area (Å²) in [5.74, 6) is -0.848. The third-order valence-corrected chi connectivity index (χ3v) is 5.43. The van der Waals surface area contributed by atoms with Crippen LogP contribution in [0.25, 0.3) is 0 Å². The summed E-state index contributed by atoms with van der Waals surface area (Å²) in [6, 6.07) is 11.8. The monoisotopic (exact) mass is 392 g/mol. The standard InChI is InChI=1S/C20H25FN2O3S/c1-5-18(20(24)22-16-12-10-15(11-13-16)14(2)3)23(27(4,25)26)19-9-7-6-8-17(19)21/h6-14,18H,5H2,1-4H3,(H,22,24)/t18-/m0/s1. The molecule has 2 rings (SSSR count). The van der Waals surface area contributed by atoms with E-state index in [1.165, 1.54) is 24.3 Å². The fourth-order valence-electron chi connectivity index (χ4n) is 2.84. The maximum absolute atomic E-state index is 14.2. The number of carbonyl (C=O) groups is 1. The molecular formula is C20H25FN2O3S. The molecule has 27 heavy (non-hydrogen) atoms. The van der Waals surface area contributed by atoms with E-state index in [1.54, 1.807) is 19.1 Å². The summed E-state index contributed by atoms with van der Waals surface area (Å²) in [6.07, 6.45) is 1.16. The van der Waals surface area contributed by atoms with E-state index in [1.807, 2.05) is 12.1 Å². The number of rotatable bonds is 7. The highest BCUT2D eigenvalue weighted by Gasteiger charge is 2.33. The van der Waals surface area contributed by atoms with Gasteiger partial charge < -0.3 is 5.32 Å². The molecule has 0 aliphatic rings. The van der Waals surface area contributed by atoms with Gasteiger partial charge in [0.15, 0.2) is 0 Å². The first-order chi connectivity index (χ1) is 12.6. The van der Waals surface area contributed by atoms with Crippen LogP contribution in [-0.4, -0.2) is 26.6 Å². The molecule has 0 saturated heterocycles. The number of sulfonamides is 1. The van der Waals surface area contributed by atoms with Gasteiger partial charge in [-0.15, -0.1) is 0 Å². The zero-order valence-electron chi connectivity index (χ0n) is 15.9. The first kappa shape index (κ1) is 20.9. The maximum atomic E-state index is 14.2. The van der Waals surface area contributed by atoms with E-state index in [-0.39, 0.29) is 12.1 Å². The number of halogens is 1. The molecule has 2 aromatic carbocycles. The Morgan fingerprint density at radius 2 is 1.70 bits per heavy atom. The van der Waals surface area contributed by atoms with Crippen LogP contribution in [-0.2, 0) is 14.8 Å². The van der Waals surface area contributed by atoms with Crippen molar-refractivity contribution in [2.45, 2.75) is 39.2 Å². The molecule has 0 aromatic heterocycles. The Balaban J connectivity index is 2.33. The molecule has 0 bridgehead atoms. The van der Waals surface area contributed by atoms with Crippen molar-refractivity contribution in [2.24, 2.45) is 0 Å². The van der Waals surface area contributed by atoms with Gasteiger partial charge in [0.2, 0.25) is 15.9 Å². The van der Waals surface area contributed by atoms with Crippen LogP contribution >= 0.6 is 0 Å². The molecule has 0 aliphatic heterocycles. The molecule has 146 valence electrons. The molecule has 0 aliphatic carbocycles. The van der Waals surface area contributed by atoms with Crippen molar-refractivity contribution in [3.8, 4) is 0 Å².